The summed E-state index contributed by atoms with van der Waals surface area (Å²) in [4.78, 5) is 11.0. The van der Waals surface area contributed by atoms with Gasteiger partial charge in [0.05, 0.1) is 0 Å². The lowest BCUT2D eigenvalue weighted by molar-refractivity contribution is 0.0692. The smallest absolute Gasteiger partial charge is 0.455 e. The number of aromatic hydroxyl groups is 1. The Morgan fingerprint density at radius 3 is 2.53 bits per heavy atom. The molecule has 90 valence electrons. The highest BCUT2D eigenvalue weighted by Crippen LogP contribution is 2.56. The standard InChI is InChI=1S/C11H13BO5/c1-5-2-3-6(7-4-8(7)12(16)17)10(13)9(5)11(14)15/h2-3,7-8,13,16-17H,4H2,1H3,(H,14,15)/t7-,8-/m1/s1. The van der Waals surface area contributed by atoms with E-state index in [0.717, 1.165) is 0 Å². The van der Waals surface area contributed by atoms with Crippen LogP contribution in [0.5, 0.6) is 5.75 Å². The van der Waals surface area contributed by atoms with Gasteiger partial charge >= 0.3 is 13.1 Å². The maximum atomic E-state index is 11.0. The number of hydrogen-bond acceptors (Lipinski definition) is 4. The summed E-state index contributed by atoms with van der Waals surface area (Å²) in [5.74, 6) is -1.92. The van der Waals surface area contributed by atoms with Crippen LogP contribution in [0.15, 0.2) is 12.1 Å². The predicted molar refractivity (Wildman–Crippen MR) is 61.1 cm³/mol. The molecule has 1 aromatic rings. The summed E-state index contributed by atoms with van der Waals surface area (Å²) in [5.41, 5.74) is 0.854. The minimum atomic E-state index is -1.42. The van der Waals surface area contributed by atoms with Gasteiger partial charge in [-0.2, -0.15) is 0 Å². The molecule has 0 aliphatic heterocycles. The number of aryl methyl sites for hydroxylation is 1. The molecule has 17 heavy (non-hydrogen) atoms. The molecule has 0 unspecified atom stereocenters. The number of rotatable bonds is 3. The van der Waals surface area contributed by atoms with Crippen LogP contribution in [0.25, 0.3) is 0 Å². The maximum absolute atomic E-state index is 11.0. The molecule has 1 fully saturated rings. The van der Waals surface area contributed by atoms with E-state index in [0.29, 0.717) is 17.5 Å². The molecule has 1 aromatic carbocycles. The first-order valence-corrected chi connectivity index (χ1v) is 5.35. The number of carbonyl (C=O) groups is 1. The minimum absolute atomic E-state index is 0.111. The van der Waals surface area contributed by atoms with Crippen LogP contribution >= 0.6 is 0 Å². The van der Waals surface area contributed by atoms with Crippen LogP contribution < -0.4 is 0 Å². The van der Waals surface area contributed by atoms with Crippen molar-refractivity contribution >= 4 is 13.1 Å². The molecule has 1 aliphatic rings. The fraction of sp³-hybridized carbons (Fsp3) is 0.364. The third kappa shape index (κ3) is 2.01. The molecule has 0 heterocycles. The zero-order valence-corrected chi connectivity index (χ0v) is 9.29. The van der Waals surface area contributed by atoms with Crippen molar-refractivity contribution < 1.29 is 25.1 Å². The molecule has 6 heteroatoms. The first kappa shape index (κ1) is 11.9. The average Bonchev–Trinajstić information content (AvgIpc) is 2.96. The van der Waals surface area contributed by atoms with Crippen LogP contribution in [0.1, 0.15) is 33.8 Å². The summed E-state index contributed by atoms with van der Waals surface area (Å²) >= 11 is 0. The highest BCUT2D eigenvalue weighted by Gasteiger charge is 2.47. The summed E-state index contributed by atoms with van der Waals surface area (Å²) in [7, 11) is -1.42. The molecule has 0 radical (unpaired) electrons. The zero-order valence-electron chi connectivity index (χ0n) is 9.29. The van der Waals surface area contributed by atoms with Gasteiger partial charge in [-0.1, -0.05) is 12.1 Å². The summed E-state index contributed by atoms with van der Waals surface area (Å²) < 4.78 is 0. The quantitative estimate of drug-likeness (QED) is 0.580. The fourth-order valence-electron chi connectivity index (χ4n) is 2.18. The number of benzene rings is 1. The van der Waals surface area contributed by atoms with Crippen molar-refractivity contribution in [2.75, 3.05) is 0 Å². The van der Waals surface area contributed by atoms with Crippen LogP contribution in [-0.2, 0) is 0 Å². The van der Waals surface area contributed by atoms with E-state index in [2.05, 4.69) is 0 Å². The second kappa shape index (κ2) is 4.05. The molecule has 0 bridgehead atoms. The molecule has 2 atom stereocenters. The van der Waals surface area contributed by atoms with Gasteiger partial charge in [0.15, 0.2) is 0 Å². The van der Waals surface area contributed by atoms with E-state index in [1.807, 2.05) is 0 Å². The van der Waals surface area contributed by atoms with Crippen molar-refractivity contribution in [3.05, 3.63) is 28.8 Å². The second-order valence-corrected chi connectivity index (χ2v) is 4.42. The SMILES string of the molecule is Cc1ccc([C@H]2C[C@H]2B(O)O)c(O)c1C(=O)O. The number of carboxylic acid groups (broad SMARTS) is 1. The second-order valence-electron chi connectivity index (χ2n) is 4.42. The van der Waals surface area contributed by atoms with Crippen molar-refractivity contribution in [2.45, 2.75) is 25.1 Å². The van der Waals surface area contributed by atoms with Crippen molar-refractivity contribution in [1.29, 1.82) is 0 Å². The van der Waals surface area contributed by atoms with E-state index >= 15 is 0 Å². The van der Waals surface area contributed by atoms with Crippen molar-refractivity contribution in [2.24, 2.45) is 0 Å². The zero-order chi connectivity index (χ0) is 12.7. The van der Waals surface area contributed by atoms with Crippen molar-refractivity contribution in [3.63, 3.8) is 0 Å². The Morgan fingerprint density at radius 2 is 2.06 bits per heavy atom. The normalized spacial score (nSPS) is 22.3. The average molecular weight is 236 g/mol. The Labute approximate surface area is 98.5 Å². The summed E-state index contributed by atoms with van der Waals surface area (Å²) in [6, 6.07) is 3.27. The number of hydrogen-bond donors (Lipinski definition) is 4. The number of phenols is 1. The van der Waals surface area contributed by atoms with Crippen LogP contribution in [0.4, 0.5) is 0 Å². The Bertz CT molecular complexity index is 471. The van der Waals surface area contributed by atoms with Crippen LogP contribution in [0.3, 0.4) is 0 Å². The van der Waals surface area contributed by atoms with E-state index in [9.17, 15) is 9.90 Å². The van der Waals surface area contributed by atoms with Gasteiger partial charge in [-0.3, -0.25) is 0 Å². The molecule has 2 rings (SSSR count). The molecule has 0 spiro atoms. The van der Waals surface area contributed by atoms with Gasteiger partial charge in [0, 0.05) is 5.82 Å². The third-order valence-corrected chi connectivity index (χ3v) is 3.25. The Hall–Kier alpha value is -1.53. The van der Waals surface area contributed by atoms with Gasteiger partial charge in [-0.05, 0) is 30.4 Å². The van der Waals surface area contributed by atoms with Crippen molar-refractivity contribution in [3.8, 4) is 5.75 Å². The van der Waals surface area contributed by atoms with E-state index in [4.69, 9.17) is 15.2 Å². The number of aromatic carboxylic acids is 1. The Balaban J connectivity index is 2.38. The molecule has 0 amide bonds. The first-order valence-electron chi connectivity index (χ1n) is 5.35. The van der Waals surface area contributed by atoms with Crippen LogP contribution in [0.2, 0.25) is 5.82 Å². The molecular weight excluding hydrogens is 223 g/mol. The van der Waals surface area contributed by atoms with E-state index < -0.39 is 13.1 Å². The highest BCUT2D eigenvalue weighted by molar-refractivity contribution is 6.44. The lowest BCUT2D eigenvalue weighted by Gasteiger charge is -2.09. The van der Waals surface area contributed by atoms with E-state index in [1.54, 1.807) is 19.1 Å². The van der Waals surface area contributed by atoms with Gasteiger partial charge in [0.2, 0.25) is 0 Å². The third-order valence-electron chi connectivity index (χ3n) is 3.25. The monoisotopic (exact) mass is 236 g/mol. The molecule has 4 N–H and O–H groups in total. The number of carboxylic acids is 1. The van der Waals surface area contributed by atoms with Crippen molar-refractivity contribution in [1.82, 2.24) is 0 Å². The van der Waals surface area contributed by atoms with Gasteiger partial charge in [-0.25, -0.2) is 4.79 Å². The van der Waals surface area contributed by atoms with E-state index in [1.165, 1.54) is 0 Å². The van der Waals surface area contributed by atoms with Gasteiger partial charge in [0.1, 0.15) is 11.3 Å². The summed E-state index contributed by atoms with van der Waals surface area (Å²) in [6.45, 7) is 1.61. The minimum Gasteiger partial charge on any atom is -0.507 e. The highest BCUT2D eigenvalue weighted by atomic mass is 16.4. The molecule has 5 nitrogen and oxygen atoms in total. The summed E-state index contributed by atoms with van der Waals surface area (Å²) in [6.07, 6.45) is 0.549. The Kier molecular flexibility index (Phi) is 2.85. The van der Waals surface area contributed by atoms with E-state index in [-0.39, 0.29) is 23.0 Å². The maximum Gasteiger partial charge on any atom is 0.455 e. The molecule has 0 aromatic heterocycles. The van der Waals surface area contributed by atoms with Gasteiger partial charge in [-0.15, -0.1) is 0 Å². The summed E-state index contributed by atoms with van der Waals surface area (Å²) in [5, 5.41) is 36.9. The molecule has 1 aliphatic carbocycles. The molecular formula is C11H13BO5. The molecule has 0 saturated heterocycles. The first-order chi connectivity index (χ1) is 7.93. The largest absolute Gasteiger partial charge is 0.507 e. The predicted octanol–water partition coefficient (Wildman–Crippen LogP) is 0.729. The topological polar surface area (TPSA) is 98.0 Å². The lowest BCUT2D eigenvalue weighted by atomic mass is 9.80. The Morgan fingerprint density at radius 1 is 1.41 bits per heavy atom. The van der Waals surface area contributed by atoms with Gasteiger partial charge in [0.25, 0.3) is 0 Å². The van der Waals surface area contributed by atoms with Crippen LogP contribution in [0, 0.1) is 6.92 Å². The fourth-order valence-corrected chi connectivity index (χ4v) is 2.18. The molecule has 1 saturated carbocycles. The van der Waals surface area contributed by atoms with Crippen LogP contribution in [-0.4, -0.2) is 33.3 Å². The lowest BCUT2D eigenvalue weighted by Crippen LogP contribution is -2.11. The van der Waals surface area contributed by atoms with Gasteiger partial charge < -0.3 is 20.3 Å².